The molecular weight excluding hydrogens is 274 g/mol. The first-order valence-corrected chi connectivity index (χ1v) is 7.88. The van der Waals surface area contributed by atoms with E-state index in [1.807, 2.05) is 6.07 Å². The number of sulfone groups is 1. The lowest BCUT2D eigenvalue weighted by molar-refractivity contribution is 0.102. The van der Waals surface area contributed by atoms with Gasteiger partial charge in [-0.25, -0.2) is 8.42 Å². The molecular formula is C15H15NO3S. The highest BCUT2D eigenvalue weighted by Crippen LogP contribution is 2.18. The highest BCUT2D eigenvalue weighted by atomic mass is 32.2. The lowest BCUT2D eigenvalue weighted by Gasteiger charge is -2.09. The summed E-state index contributed by atoms with van der Waals surface area (Å²) in [6.07, 6.45) is 0. The van der Waals surface area contributed by atoms with E-state index in [2.05, 4.69) is 5.32 Å². The Labute approximate surface area is 118 Å². The van der Waals surface area contributed by atoms with Gasteiger partial charge in [0.2, 0.25) is 0 Å². The van der Waals surface area contributed by atoms with E-state index in [0.717, 1.165) is 0 Å². The third-order valence-electron chi connectivity index (χ3n) is 2.88. The van der Waals surface area contributed by atoms with Crippen LogP contribution >= 0.6 is 0 Å². The Kier molecular flexibility index (Phi) is 4.20. The van der Waals surface area contributed by atoms with Crippen LogP contribution in [0.1, 0.15) is 17.3 Å². The molecule has 1 amide bonds. The standard InChI is InChI=1S/C15H15NO3S/c1-2-20(18,19)14-11-7-6-10-13(14)15(17)16-12-8-4-3-5-9-12/h3-11H,2H2,1H3,(H,16,17). The Balaban J connectivity index is 2.36. The van der Waals surface area contributed by atoms with Crippen LogP contribution in [0.5, 0.6) is 0 Å². The van der Waals surface area contributed by atoms with Crippen LogP contribution in [0.2, 0.25) is 0 Å². The molecule has 2 aromatic carbocycles. The molecule has 0 radical (unpaired) electrons. The van der Waals surface area contributed by atoms with Crippen molar-refractivity contribution >= 4 is 21.4 Å². The van der Waals surface area contributed by atoms with Gasteiger partial charge in [0, 0.05) is 5.69 Å². The van der Waals surface area contributed by atoms with Crippen LogP contribution in [0.15, 0.2) is 59.5 Å². The summed E-state index contributed by atoms with van der Waals surface area (Å²) in [5.74, 6) is -0.466. The number of amides is 1. The first-order chi connectivity index (χ1) is 9.54. The van der Waals surface area contributed by atoms with Gasteiger partial charge in [-0.1, -0.05) is 37.3 Å². The minimum atomic E-state index is -3.43. The molecule has 0 fully saturated rings. The number of hydrogen-bond donors (Lipinski definition) is 1. The summed E-state index contributed by atoms with van der Waals surface area (Å²) in [5, 5.41) is 2.69. The number of benzene rings is 2. The summed E-state index contributed by atoms with van der Waals surface area (Å²) in [7, 11) is -3.43. The van der Waals surface area contributed by atoms with Gasteiger partial charge < -0.3 is 5.32 Å². The molecule has 0 spiro atoms. The zero-order valence-corrected chi connectivity index (χ0v) is 11.9. The lowest BCUT2D eigenvalue weighted by atomic mass is 10.2. The van der Waals surface area contributed by atoms with Crippen molar-refractivity contribution in [3.05, 3.63) is 60.2 Å². The molecule has 2 rings (SSSR count). The van der Waals surface area contributed by atoms with Gasteiger partial charge in [0.05, 0.1) is 16.2 Å². The predicted octanol–water partition coefficient (Wildman–Crippen LogP) is 2.73. The predicted molar refractivity (Wildman–Crippen MR) is 78.6 cm³/mol. The second-order valence-electron chi connectivity index (χ2n) is 4.22. The summed E-state index contributed by atoms with van der Waals surface area (Å²) in [5.41, 5.74) is 0.791. The summed E-state index contributed by atoms with van der Waals surface area (Å²) < 4.78 is 24.0. The molecule has 0 aromatic heterocycles. The summed E-state index contributed by atoms with van der Waals surface area (Å²) in [6, 6.07) is 15.2. The number of carbonyl (C=O) groups is 1. The molecule has 0 aliphatic rings. The smallest absolute Gasteiger partial charge is 0.256 e. The van der Waals surface area contributed by atoms with E-state index >= 15 is 0 Å². The molecule has 0 saturated carbocycles. The van der Waals surface area contributed by atoms with Gasteiger partial charge in [-0.05, 0) is 24.3 Å². The lowest BCUT2D eigenvalue weighted by Crippen LogP contribution is -2.17. The number of rotatable bonds is 4. The van der Waals surface area contributed by atoms with Gasteiger partial charge in [0.25, 0.3) is 5.91 Å². The van der Waals surface area contributed by atoms with Crippen LogP contribution < -0.4 is 5.32 Å². The summed E-state index contributed by atoms with van der Waals surface area (Å²) >= 11 is 0. The molecule has 0 heterocycles. The van der Waals surface area contributed by atoms with Crippen LogP contribution in [0.3, 0.4) is 0 Å². The molecule has 20 heavy (non-hydrogen) atoms. The largest absolute Gasteiger partial charge is 0.322 e. The Morgan fingerprint density at radius 1 is 1.00 bits per heavy atom. The van der Waals surface area contributed by atoms with E-state index in [4.69, 9.17) is 0 Å². The second-order valence-corrected chi connectivity index (χ2v) is 6.47. The van der Waals surface area contributed by atoms with Gasteiger partial charge in [-0.3, -0.25) is 4.79 Å². The molecule has 1 N–H and O–H groups in total. The molecule has 0 bridgehead atoms. The quantitative estimate of drug-likeness (QED) is 0.941. The van der Waals surface area contributed by atoms with Crippen molar-refractivity contribution in [3.63, 3.8) is 0 Å². The molecule has 0 saturated heterocycles. The minimum absolute atomic E-state index is 0.0391. The van der Waals surface area contributed by atoms with Gasteiger partial charge in [0.15, 0.2) is 9.84 Å². The average molecular weight is 289 g/mol. The van der Waals surface area contributed by atoms with Crippen LogP contribution in [0, 0.1) is 0 Å². The fourth-order valence-corrected chi connectivity index (χ4v) is 2.89. The summed E-state index contributed by atoms with van der Waals surface area (Å²) in [4.78, 5) is 12.3. The zero-order chi connectivity index (χ0) is 14.6. The van der Waals surface area contributed by atoms with E-state index in [9.17, 15) is 13.2 Å². The van der Waals surface area contributed by atoms with Crippen molar-refractivity contribution < 1.29 is 13.2 Å². The van der Waals surface area contributed by atoms with Gasteiger partial charge in [-0.2, -0.15) is 0 Å². The number of nitrogens with one attached hydrogen (secondary N) is 1. The topological polar surface area (TPSA) is 63.2 Å². The van der Waals surface area contributed by atoms with Crippen LogP contribution in [-0.4, -0.2) is 20.1 Å². The Morgan fingerprint density at radius 2 is 1.60 bits per heavy atom. The maximum absolute atomic E-state index is 12.2. The third-order valence-corrected chi connectivity index (χ3v) is 4.66. The van der Waals surface area contributed by atoms with Crippen LogP contribution in [0.25, 0.3) is 0 Å². The first kappa shape index (κ1) is 14.3. The van der Waals surface area contributed by atoms with Crippen molar-refractivity contribution in [2.24, 2.45) is 0 Å². The molecule has 104 valence electrons. The normalized spacial score (nSPS) is 11.1. The Hall–Kier alpha value is -2.14. The molecule has 0 atom stereocenters. The summed E-state index contributed by atoms with van der Waals surface area (Å²) in [6.45, 7) is 1.56. The zero-order valence-electron chi connectivity index (χ0n) is 11.0. The molecule has 2 aromatic rings. The van der Waals surface area contributed by atoms with Gasteiger partial charge in [0.1, 0.15) is 0 Å². The van der Waals surface area contributed by atoms with Crippen molar-refractivity contribution in [1.82, 2.24) is 0 Å². The third kappa shape index (κ3) is 3.05. The molecule has 0 aliphatic carbocycles. The van der Waals surface area contributed by atoms with Crippen LogP contribution in [-0.2, 0) is 9.84 Å². The Bertz CT molecular complexity index is 709. The SMILES string of the molecule is CCS(=O)(=O)c1ccccc1C(=O)Nc1ccccc1. The monoisotopic (exact) mass is 289 g/mol. The maximum atomic E-state index is 12.2. The number of anilines is 1. The van der Waals surface area contributed by atoms with Crippen molar-refractivity contribution in [3.8, 4) is 0 Å². The van der Waals surface area contributed by atoms with Crippen LogP contribution in [0.4, 0.5) is 5.69 Å². The van der Waals surface area contributed by atoms with E-state index < -0.39 is 15.7 Å². The number of para-hydroxylation sites is 1. The van der Waals surface area contributed by atoms with E-state index in [0.29, 0.717) is 5.69 Å². The van der Waals surface area contributed by atoms with Gasteiger partial charge in [-0.15, -0.1) is 0 Å². The fraction of sp³-hybridized carbons (Fsp3) is 0.133. The molecule has 4 nitrogen and oxygen atoms in total. The van der Waals surface area contributed by atoms with E-state index in [-0.39, 0.29) is 16.2 Å². The highest BCUT2D eigenvalue weighted by Gasteiger charge is 2.20. The van der Waals surface area contributed by atoms with Crippen molar-refractivity contribution in [2.45, 2.75) is 11.8 Å². The number of hydrogen-bond acceptors (Lipinski definition) is 3. The fourth-order valence-electron chi connectivity index (χ4n) is 1.80. The van der Waals surface area contributed by atoms with E-state index in [1.54, 1.807) is 43.3 Å². The van der Waals surface area contributed by atoms with Crippen molar-refractivity contribution in [1.29, 1.82) is 0 Å². The van der Waals surface area contributed by atoms with Crippen molar-refractivity contribution in [2.75, 3.05) is 11.1 Å². The maximum Gasteiger partial charge on any atom is 0.256 e. The minimum Gasteiger partial charge on any atom is -0.322 e. The molecule has 0 aliphatic heterocycles. The number of carbonyl (C=O) groups excluding carboxylic acids is 1. The highest BCUT2D eigenvalue weighted by molar-refractivity contribution is 7.91. The Morgan fingerprint density at radius 3 is 2.25 bits per heavy atom. The molecule has 5 heteroatoms. The molecule has 0 unspecified atom stereocenters. The second kappa shape index (κ2) is 5.88. The first-order valence-electron chi connectivity index (χ1n) is 6.23. The van der Waals surface area contributed by atoms with E-state index in [1.165, 1.54) is 12.1 Å². The average Bonchev–Trinajstić information content (AvgIpc) is 2.48. The van der Waals surface area contributed by atoms with Gasteiger partial charge >= 0.3 is 0 Å².